The largest absolute Gasteiger partial charge is 0.493 e. The zero-order valence-corrected chi connectivity index (χ0v) is 20.8. The molecule has 1 saturated carbocycles. The summed E-state index contributed by atoms with van der Waals surface area (Å²) in [7, 11) is 0. The van der Waals surface area contributed by atoms with Gasteiger partial charge in [0.05, 0.1) is 13.2 Å². The first kappa shape index (κ1) is 23.8. The lowest BCUT2D eigenvalue weighted by Crippen LogP contribution is -2.38. The van der Waals surface area contributed by atoms with Crippen molar-refractivity contribution in [3.63, 3.8) is 0 Å². The number of aliphatic imine (C=N–C) groups is 1. The van der Waals surface area contributed by atoms with Crippen molar-refractivity contribution < 1.29 is 4.74 Å². The Balaban J connectivity index is 0.00000272. The van der Waals surface area contributed by atoms with E-state index in [4.69, 9.17) is 9.73 Å². The highest BCUT2D eigenvalue weighted by Gasteiger charge is 2.22. The maximum atomic E-state index is 6.02. The molecular weight excluding hydrogens is 503 g/mol. The Morgan fingerprint density at radius 2 is 2.03 bits per heavy atom. The van der Waals surface area contributed by atoms with Gasteiger partial charge in [-0.1, -0.05) is 24.6 Å². The number of nitrogens with one attached hydrogen (secondary N) is 2. The van der Waals surface area contributed by atoms with Crippen LogP contribution >= 0.6 is 24.0 Å². The van der Waals surface area contributed by atoms with E-state index in [2.05, 4.69) is 38.4 Å². The van der Waals surface area contributed by atoms with Gasteiger partial charge >= 0.3 is 0 Å². The van der Waals surface area contributed by atoms with Crippen LogP contribution in [0.5, 0.6) is 5.75 Å². The number of aryl methyl sites for hydroxylation is 1. The Bertz CT molecular complexity index is 848. The molecule has 0 radical (unpaired) electrons. The minimum Gasteiger partial charge on any atom is -0.493 e. The predicted octanol–water partition coefficient (Wildman–Crippen LogP) is 3.71. The second-order valence-corrected chi connectivity index (χ2v) is 8.23. The molecule has 2 aromatic rings. The number of fused-ring (bicyclic) bond motifs is 1. The van der Waals surface area contributed by atoms with Crippen LogP contribution in [0.3, 0.4) is 0 Å². The number of hydrogen-bond donors (Lipinski definition) is 2. The third kappa shape index (κ3) is 7.08. The van der Waals surface area contributed by atoms with Gasteiger partial charge in [0.15, 0.2) is 5.96 Å². The Morgan fingerprint density at radius 1 is 1.16 bits per heavy atom. The number of nitrogens with zero attached hydrogens (tertiary/aromatic N) is 4. The summed E-state index contributed by atoms with van der Waals surface area (Å²) in [6.07, 6.45) is 8.21. The molecule has 170 valence electrons. The van der Waals surface area contributed by atoms with Gasteiger partial charge in [0.2, 0.25) is 0 Å². The molecule has 0 spiro atoms. The molecule has 0 atom stereocenters. The Hall–Kier alpha value is -1.84. The van der Waals surface area contributed by atoms with Crippen molar-refractivity contribution >= 4 is 29.9 Å². The lowest BCUT2D eigenvalue weighted by Gasteiger charge is -2.13. The molecule has 0 amide bonds. The Labute approximate surface area is 202 Å². The normalized spacial score (nSPS) is 16.1. The summed E-state index contributed by atoms with van der Waals surface area (Å²) in [6.45, 7) is 6.15. The molecule has 2 heterocycles. The molecule has 1 aromatic carbocycles. The number of halogens is 1. The van der Waals surface area contributed by atoms with Crippen LogP contribution in [0.15, 0.2) is 29.3 Å². The van der Waals surface area contributed by atoms with Crippen molar-refractivity contribution in [1.29, 1.82) is 0 Å². The zero-order chi connectivity index (χ0) is 20.6. The lowest BCUT2D eigenvalue weighted by atomic mass is 10.2. The van der Waals surface area contributed by atoms with E-state index in [9.17, 15) is 0 Å². The second kappa shape index (κ2) is 12.3. The Kier molecular flexibility index (Phi) is 9.42. The van der Waals surface area contributed by atoms with E-state index < -0.39 is 0 Å². The van der Waals surface area contributed by atoms with Crippen LogP contribution in [0.4, 0.5) is 0 Å². The highest BCUT2D eigenvalue weighted by atomic mass is 127. The topological polar surface area (TPSA) is 76.4 Å². The molecule has 1 fully saturated rings. The van der Waals surface area contributed by atoms with E-state index in [1.165, 1.54) is 32.1 Å². The summed E-state index contributed by atoms with van der Waals surface area (Å²) in [6, 6.07) is 8.22. The average Bonchev–Trinajstić information content (AvgIpc) is 3.56. The van der Waals surface area contributed by atoms with Crippen LogP contribution in [-0.2, 0) is 25.9 Å². The summed E-state index contributed by atoms with van der Waals surface area (Å²) >= 11 is 0. The zero-order valence-electron chi connectivity index (χ0n) is 18.5. The molecule has 2 aliphatic rings. The molecule has 1 aliphatic heterocycles. The number of hydrogen-bond acceptors (Lipinski definition) is 4. The highest BCUT2D eigenvalue weighted by molar-refractivity contribution is 14.0. The van der Waals surface area contributed by atoms with Crippen molar-refractivity contribution in [2.24, 2.45) is 10.9 Å². The van der Waals surface area contributed by atoms with E-state index in [1.54, 1.807) is 0 Å². The number of rotatable bonds is 9. The van der Waals surface area contributed by atoms with E-state index in [1.807, 2.05) is 18.2 Å². The van der Waals surface area contributed by atoms with Crippen LogP contribution in [0.1, 0.15) is 56.2 Å². The number of para-hydroxylation sites is 1. The standard InChI is InChI=1S/C23H34N6O.HI/c1-2-24-23(25-14-13-22-28-27-21-10-4-3-7-15-29(21)22)26-16-19-8-5-6-9-20(19)30-17-18-11-12-18;/h5-6,8-9,18H,2-4,7,10-17H2,1H3,(H2,24,25,26);1H. The van der Waals surface area contributed by atoms with Crippen LogP contribution in [0.2, 0.25) is 0 Å². The van der Waals surface area contributed by atoms with Gasteiger partial charge in [-0.3, -0.25) is 0 Å². The summed E-state index contributed by atoms with van der Waals surface area (Å²) < 4.78 is 8.33. The van der Waals surface area contributed by atoms with Crippen molar-refractivity contribution in [2.45, 2.75) is 65.0 Å². The molecule has 1 aromatic heterocycles. The molecule has 2 N–H and O–H groups in total. The summed E-state index contributed by atoms with van der Waals surface area (Å²) in [5.74, 6) is 4.74. The van der Waals surface area contributed by atoms with Gasteiger partial charge in [0, 0.05) is 38.0 Å². The predicted molar refractivity (Wildman–Crippen MR) is 134 cm³/mol. The number of guanidine groups is 1. The molecule has 4 rings (SSSR count). The van der Waals surface area contributed by atoms with Gasteiger partial charge < -0.3 is 19.9 Å². The van der Waals surface area contributed by atoms with E-state index >= 15 is 0 Å². The molecule has 0 saturated heterocycles. The van der Waals surface area contributed by atoms with Gasteiger partial charge in [-0.25, -0.2) is 4.99 Å². The van der Waals surface area contributed by atoms with E-state index in [0.29, 0.717) is 6.54 Å². The summed E-state index contributed by atoms with van der Waals surface area (Å²) in [4.78, 5) is 4.78. The SMILES string of the molecule is CCNC(=NCc1ccccc1OCC1CC1)NCCc1nnc2n1CCCCC2.I. The number of benzene rings is 1. The molecule has 7 nitrogen and oxygen atoms in total. The van der Waals surface area contributed by atoms with Gasteiger partial charge in [0.1, 0.15) is 17.4 Å². The number of aromatic nitrogens is 3. The van der Waals surface area contributed by atoms with Gasteiger partial charge in [-0.2, -0.15) is 0 Å². The monoisotopic (exact) mass is 538 g/mol. The third-order valence-corrected chi connectivity index (χ3v) is 5.72. The quantitative estimate of drug-likeness (QED) is 0.289. The minimum atomic E-state index is 0. The van der Waals surface area contributed by atoms with Crippen LogP contribution in [0, 0.1) is 5.92 Å². The van der Waals surface area contributed by atoms with E-state index in [-0.39, 0.29) is 24.0 Å². The second-order valence-electron chi connectivity index (χ2n) is 8.23. The molecule has 8 heteroatoms. The number of ether oxygens (including phenoxy) is 1. The lowest BCUT2D eigenvalue weighted by molar-refractivity contribution is 0.297. The smallest absolute Gasteiger partial charge is 0.191 e. The first-order valence-corrected chi connectivity index (χ1v) is 11.5. The summed E-state index contributed by atoms with van der Waals surface area (Å²) in [5, 5.41) is 15.6. The Morgan fingerprint density at radius 3 is 2.87 bits per heavy atom. The fourth-order valence-corrected chi connectivity index (χ4v) is 3.80. The molecule has 0 unspecified atom stereocenters. The average molecular weight is 538 g/mol. The maximum Gasteiger partial charge on any atom is 0.191 e. The van der Waals surface area contributed by atoms with Gasteiger partial charge in [0.25, 0.3) is 0 Å². The first-order chi connectivity index (χ1) is 14.8. The fraction of sp³-hybridized carbons (Fsp3) is 0.609. The van der Waals surface area contributed by atoms with E-state index in [0.717, 1.165) is 73.9 Å². The van der Waals surface area contributed by atoms with Crippen LogP contribution in [-0.4, -0.2) is 40.4 Å². The fourth-order valence-electron chi connectivity index (χ4n) is 3.80. The van der Waals surface area contributed by atoms with Crippen LogP contribution < -0.4 is 15.4 Å². The van der Waals surface area contributed by atoms with Crippen molar-refractivity contribution in [2.75, 3.05) is 19.7 Å². The molecule has 0 bridgehead atoms. The summed E-state index contributed by atoms with van der Waals surface area (Å²) in [5.41, 5.74) is 1.12. The highest BCUT2D eigenvalue weighted by Crippen LogP contribution is 2.30. The maximum absolute atomic E-state index is 6.02. The van der Waals surface area contributed by atoms with Gasteiger partial charge in [-0.15, -0.1) is 34.2 Å². The van der Waals surface area contributed by atoms with Crippen molar-refractivity contribution in [1.82, 2.24) is 25.4 Å². The molecule has 1 aliphatic carbocycles. The first-order valence-electron chi connectivity index (χ1n) is 11.5. The molecule has 31 heavy (non-hydrogen) atoms. The van der Waals surface area contributed by atoms with Crippen LogP contribution in [0.25, 0.3) is 0 Å². The van der Waals surface area contributed by atoms with Crippen molar-refractivity contribution in [3.05, 3.63) is 41.5 Å². The van der Waals surface area contributed by atoms with Gasteiger partial charge in [-0.05, 0) is 44.6 Å². The van der Waals surface area contributed by atoms with Crippen molar-refractivity contribution in [3.8, 4) is 5.75 Å². The minimum absolute atomic E-state index is 0. The third-order valence-electron chi connectivity index (χ3n) is 5.72. The molecular formula is C23H35IN6O.